The van der Waals surface area contributed by atoms with Crippen molar-refractivity contribution in [1.29, 1.82) is 0 Å². The summed E-state index contributed by atoms with van der Waals surface area (Å²) in [4.78, 5) is 22.0. The molecule has 0 bridgehead atoms. The standard InChI is InChI=1S/C9H5FO3/c10-4-5-2-1-3-6-7(5)9(12)13-8(6)11/h1-3H,4H2. The maximum Gasteiger partial charge on any atom is 0.347 e. The lowest BCUT2D eigenvalue weighted by Gasteiger charge is -1.97. The first-order chi connectivity index (χ1) is 6.24. The van der Waals surface area contributed by atoms with Crippen LogP contribution in [0.15, 0.2) is 18.2 Å². The molecule has 0 saturated heterocycles. The zero-order chi connectivity index (χ0) is 9.42. The van der Waals surface area contributed by atoms with E-state index in [4.69, 9.17) is 0 Å². The van der Waals surface area contributed by atoms with Gasteiger partial charge in [-0.25, -0.2) is 14.0 Å². The summed E-state index contributed by atoms with van der Waals surface area (Å²) >= 11 is 0. The molecule has 0 saturated carbocycles. The number of fused-ring (bicyclic) bond motifs is 1. The lowest BCUT2D eigenvalue weighted by molar-refractivity contribution is 0.0443. The molecule has 0 fully saturated rings. The van der Waals surface area contributed by atoms with Crippen LogP contribution in [0.1, 0.15) is 26.3 Å². The summed E-state index contributed by atoms with van der Waals surface area (Å²) in [5, 5.41) is 0. The van der Waals surface area contributed by atoms with Crippen LogP contribution < -0.4 is 0 Å². The number of alkyl halides is 1. The summed E-state index contributed by atoms with van der Waals surface area (Å²) in [6.07, 6.45) is 0. The topological polar surface area (TPSA) is 43.4 Å². The van der Waals surface area contributed by atoms with E-state index in [1.807, 2.05) is 0 Å². The minimum Gasteiger partial charge on any atom is -0.386 e. The molecule has 0 aliphatic carbocycles. The maximum absolute atomic E-state index is 12.4. The molecule has 1 aromatic carbocycles. The third-order valence-electron chi connectivity index (χ3n) is 1.90. The Morgan fingerprint density at radius 3 is 2.69 bits per heavy atom. The van der Waals surface area contributed by atoms with E-state index in [9.17, 15) is 14.0 Å². The highest BCUT2D eigenvalue weighted by atomic mass is 19.1. The summed E-state index contributed by atoms with van der Waals surface area (Å²) in [6.45, 7) is -0.772. The molecule has 2 rings (SSSR count). The first-order valence-corrected chi connectivity index (χ1v) is 3.68. The number of rotatable bonds is 1. The zero-order valence-corrected chi connectivity index (χ0v) is 6.54. The second kappa shape index (κ2) is 2.65. The van der Waals surface area contributed by atoms with E-state index in [1.54, 1.807) is 0 Å². The molecule has 0 radical (unpaired) electrons. The van der Waals surface area contributed by atoms with E-state index < -0.39 is 18.6 Å². The molecule has 0 amide bonds. The van der Waals surface area contributed by atoms with E-state index in [2.05, 4.69) is 4.74 Å². The molecule has 1 aliphatic heterocycles. The number of hydrogen-bond donors (Lipinski definition) is 0. The molecule has 0 spiro atoms. The first kappa shape index (κ1) is 7.91. The Kier molecular flexibility index (Phi) is 1.62. The van der Waals surface area contributed by atoms with Crippen LogP contribution in [-0.4, -0.2) is 11.9 Å². The molecule has 1 aromatic rings. The number of cyclic esters (lactones) is 2. The molecule has 0 atom stereocenters. The van der Waals surface area contributed by atoms with Crippen LogP contribution in [0, 0.1) is 0 Å². The molecule has 1 aliphatic rings. The van der Waals surface area contributed by atoms with Crippen molar-refractivity contribution in [2.75, 3.05) is 0 Å². The molecular formula is C9H5FO3. The fourth-order valence-electron chi connectivity index (χ4n) is 1.31. The van der Waals surface area contributed by atoms with Crippen molar-refractivity contribution in [1.82, 2.24) is 0 Å². The Bertz CT molecular complexity index is 398. The van der Waals surface area contributed by atoms with E-state index in [-0.39, 0.29) is 16.7 Å². The lowest BCUT2D eigenvalue weighted by atomic mass is 10.0. The van der Waals surface area contributed by atoms with Gasteiger partial charge in [0, 0.05) is 0 Å². The van der Waals surface area contributed by atoms with Gasteiger partial charge in [0.15, 0.2) is 0 Å². The Morgan fingerprint density at radius 1 is 1.23 bits per heavy atom. The summed E-state index contributed by atoms with van der Waals surface area (Å²) in [5.74, 6) is -1.46. The van der Waals surface area contributed by atoms with Crippen LogP contribution in [0.25, 0.3) is 0 Å². The van der Waals surface area contributed by atoms with Crippen molar-refractivity contribution in [3.05, 3.63) is 34.9 Å². The number of carbonyl (C=O) groups is 2. The minimum absolute atomic E-state index is 0.0648. The fraction of sp³-hybridized carbons (Fsp3) is 0.111. The van der Waals surface area contributed by atoms with Gasteiger partial charge >= 0.3 is 11.9 Å². The number of esters is 2. The Hall–Kier alpha value is -1.71. The Labute approximate surface area is 73.1 Å². The van der Waals surface area contributed by atoms with Crippen LogP contribution in [0.2, 0.25) is 0 Å². The summed E-state index contributed by atoms with van der Waals surface area (Å²) in [7, 11) is 0. The predicted octanol–water partition coefficient (Wildman–Crippen LogP) is 1.47. The van der Waals surface area contributed by atoms with Gasteiger partial charge in [0.25, 0.3) is 0 Å². The highest BCUT2D eigenvalue weighted by Gasteiger charge is 2.31. The average Bonchev–Trinajstić information content (AvgIpc) is 2.43. The number of hydrogen-bond acceptors (Lipinski definition) is 3. The Balaban J connectivity index is 2.69. The van der Waals surface area contributed by atoms with Crippen LogP contribution in [-0.2, 0) is 11.4 Å². The monoisotopic (exact) mass is 180 g/mol. The molecule has 0 unspecified atom stereocenters. The van der Waals surface area contributed by atoms with Crippen molar-refractivity contribution in [2.24, 2.45) is 0 Å². The van der Waals surface area contributed by atoms with Gasteiger partial charge in [-0.15, -0.1) is 0 Å². The van der Waals surface area contributed by atoms with Crippen LogP contribution in [0.4, 0.5) is 4.39 Å². The fourth-order valence-corrected chi connectivity index (χ4v) is 1.31. The normalized spacial score (nSPS) is 14.2. The van der Waals surface area contributed by atoms with Gasteiger partial charge in [0.05, 0.1) is 11.1 Å². The lowest BCUT2D eigenvalue weighted by Crippen LogP contribution is -1.99. The van der Waals surface area contributed by atoms with Crippen molar-refractivity contribution < 1.29 is 18.7 Å². The maximum atomic E-state index is 12.4. The molecule has 4 heteroatoms. The van der Waals surface area contributed by atoms with Gasteiger partial charge in [0.2, 0.25) is 0 Å². The highest BCUT2D eigenvalue weighted by Crippen LogP contribution is 2.23. The number of halogens is 1. The first-order valence-electron chi connectivity index (χ1n) is 3.68. The van der Waals surface area contributed by atoms with Gasteiger partial charge in [-0.3, -0.25) is 0 Å². The summed E-state index contributed by atoms with van der Waals surface area (Å²) < 4.78 is 16.7. The minimum atomic E-state index is -0.772. The van der Waals surface area contributed by atoms with Crippen molar-refractivity contribution in [3.63, 3.8) is 0 Å². The van der Waals surface area contributed by atoms with Gasteiger partial charge in [0.1, 0.15) is 6.67 Å². The highest BCUT2D eigenvalue weighted by molar-refractivity contribution is 6.15. The second-order valence-corrected chi connectivity index (χ2v) is 2.65. The van der Waals surface area contributed by atoms with Crippen molar-refractivity contribution in [2.45, 2.75) is 6.67 Å². The third kappa shape index (κ3) is 1.02. The molecule has 1 heterocycles. The average molecular weight is 180 g/mol. The largest absolute Gasteiger partial charge is 0.386 e. The number of carbonyl (C=O) groups excluding carboxylic acids is 2. The van der Waals surface area contributed by atoms with Gasteiger partial charge in [-0.05, 0) is 11.6 Å². The van der Waals surface area contributed by atoms with Crippen LogP contribution in [0.5, 0.6) is 0 Å². The van der Waals surface area contributed by atoms with Gasteiger partial charge < -0.3 is 4.74 Å². The van der Waals surface area contributed by atoms with Gasteiger partial charge in [-0.2, -0.15) is 0 Å². The smallest absolute Gasteiger partial charge is 0.347 e. The Morgan fingerprint density at radius 2 is 2.00 bits per heavy atom. The van der Waals surface area contributed by atoms with Crippen molar-refractivity contribution >= 4 is 11.9 Å². The van der Waals surface area contributed by atoms with Crippen LogP contribution in [0.3, 0.4) is 0 Å². The number of ether oxygens (including phenoxy) is 1. The van der Waals surface area contributed by atoms with E-state index in [0.29, 0.717) is 0 Å². The molecule has 0 N–H and O–H groups in total. The van der Waals surface area contributed by atoms with E-state index >= 15 is 0 Å². The molecule has 66 valence electrons. The van der Waals surface area contributed by atoms with E-state index in [0.717, 1.165) is 0 Å². The van der Waals surface area contributed by atoms with E-state index in [1.165, 1.54) is 18.2 Å². The molecule has 13 heavy (non-hydrogen) atoms. The zero-order valence-electron chi connectivity index (χ0n) is 6.54. The quantitative estimate of drug-likeness (QED) is 0.485. The van der Waals surface area contributed by atoms with Crippen molar-refractivity contribution in [3.8, 4) is 0 Å². The second-order valence-electron chi connectivity index (χ2n) is 2.65. The molecular weight excluding hydrogens is 175 g/mol. The summed E-state index contributed by atoms with van der Waals surface area (Å²) in [5.41, 5.74) is 0.420. The number of benzene rings is 1. The third-order valence-corrected chi connectivity index (χ3v) is 1.90. The van der Waals surface area contributed by atoms with Gasteiger partial charge in [-0.1, -0.05) is 12.1 Å². The molecule has 0 aromatic heterocycles. The molecule has 3 nitrogen and oxygen atoms in total. The van der Waals surface area contributed by atoms with Crippen LogP contribution >= 0.6 is 0 Å². The predicted molar refractivity (Wildman–Crippen MR) is 41.0 cm³/mol. The SMILES string of the molecule is O=C1OC(=O)c2c(CF)cccc21. The summed E-state index contributed by atoms with van der Waals surface area (Å²) in [6, 6.07) is 4.42.